The van der Waals surface area contributed by atoms with Crippen LogP contribution in [-0.4, -0.2) is 35.6 Å². The van der Waals surface area contributed by atoms with E-state index in [9.17, 15) is 13.2 Å². The van der Waals surface area contributed by atoms with E-state index in [0.717, 1.165) is 22.8 Å². The van der Waals surface area contributed by atoms with Crippen LogP contribution in [0.4, 0.5) is 5.82 Å². The zero-order valence-corrected chi connectivity index (χ0v) is 15.7. The maximum absolute atomic E-state index is 12.4. The summed E-state index contributed by atoms with van der Waals surface area (Å²) in [7, 11) is -3.03. The Morgan fingerprint density at radius 3 is 2.92 bits per heavy atom. The van der Waals surface area contributed by atoms with Crippen molar-refractivity contribution in [1.82, 2.24) is 9.78 Å². The van der Waals surface area contributed by atoms with Gasteiger partial charge in [0.05, 0.1) is 23.2 Å². The lowest BCUT2D eigenvalue weighted by Crippen LogP contribution is -2.20. The minimum Gasteiger partial charge on any atom is -0.444 e. The van der Waals surface area contributed by atoms with Crippen LogP contribution >= 0.6 is 27.7 Å². The molecule has 0 spiro atoms. The number of nitrogens with one attached hydrogen (secondary N) is 1. The Kier molecular flexibility index (Phi) is 4.00. The van der Waals surface area contributed by atoms with Crippen molar-refractivity contribution < 1.29 is 17.6 Å². The summed E-state index contributed by atoms with van der Waals surface area (Å²) in [4.78, 5) is 12.4. The number of carbonyl (C=O) groups excluding carboxylic acids is 1. The fourth-order valence-corrected chi connectivity index (χ4v) is 6.04. The minimum atomic E-state index is -3.03. The molecule has 1 atom stereocenters. The lowest BCUT2D eigenvalue weighted by atomic mass is 10.2. The second-order valence-electron chi connectivity index (χ2n) is 5.83. The Labute approximate surface area is 151 Å². The molecular formula is C14H14BrN3O4S2. The number of anilines is 1. The Balaban J connectivity index is 1.68. The quantitative estimate of drug-likeness (QED) is 0.802. The molecule has 4 heterocycles. The molecule has 10 heteroatoms. The number of thioether (sulfide) groups is 1. The van der Waals surface area contributed by atoms with E-state index in [1.807, 2.05) is 0 Å². The van der Waals surface area contributed by atoms with E-state index in [4.69, 9.17) is 4.42 Å². The number of aromatic nitrogens is 2. The number of carbonyl (C=O) groups is 1. The van der Waals surface area contributed by atoms with Gasteiger partial charge in [-0.2, -0.15) is 16.9 Å². The van der Waals surface area contributed by atoms with E-state index in [2.05, 4.69) is 26.3 Å². The SMILES string of the molecule is O=C(Nc1c2c(nn1C1CCS(=O)(=O)C1)CSC2)c1ccc(Br)o1. The van der Waals surface area contributed by atoms with Crippen molar-refractivity contribution in [3.05, 3.63) is 33.8 Å². The molecule has 1 unspecified atom stereocenters. The van der Waals surface area contributed by atoms with Crippen molar-refractivity contribution in [3.8, 4) is 0 Å². The average Bonchev–Trinajstić information content (AvgIpc) is 3.24. The number of furan rings is 1. The van der Waals surface area contributed by atoms with Gasteiger partial charge in [-0.05, 0) is 34.5 Å². The molecule has 1 fully saturated rings. The number of hydrogen-bond donors (Lipinski definition) is 1. The molecule has 7 nitrogen and oxygen atoms in total. The van der Waals surface area contributed by atoms with Gasteiger partial charge < -0.3 is 9.73 Å². The van der Waals surface area contributed by atoms with Crippen molar-refractivity contribution in [2.75, 3.05) is 16.8 Å². The number of sulfone groups is 1. The summed E-state index contributed by atoms with van der Waals surface area (Å²) in [5.74, 6) is 2.17. The van der Waals surface area contributed by atoms with E-state index >= 15 is 0 Å². The molecule has 128 valence electrons. The van der Waals surface area contributed by atoms with Gasteiger partial charge in [0, 0.05) is 17.1 Å². The van der Waals surface area contributed by atoms with Crippen LogP contribution in [0.1, 0.15) is 34.3 Å². The summed E-state index contributed by atoms with van der Waals surface area (Å²) in [5.41, 5.74) is 1.89. The van der Waals surface area contributed by atoms with Crippen LogP contribution in [0.15, 0.2) is 21.2 Å². The number of rotatable bonds is 3. The average molecular weight is 432 g/mol. The number of amides is 1. The summed E-state index contributed by atoms with van der Waals surface area (Å²) in [6.45, 7) is 0. The van der Waals surface area contributed by atoms with Crippen LogP contribution in [0.5, 0.6) is 0 Å². The third kappa shape index (κ3) is 2.91. The molecule has 2 aromatic heterocycles. The van der Waals surface area contributed by atoms with Gasteiger partial charge >= 0.3 is 0 Å². The second-order valence-corrected chi connectivity index (χ2v) is 9.82. The highest BCUT2D eigenvalue weighted by molar-refractivity contribution is 9.10. The van der Waals surface area contributed by atoms with E-state index in [1.165, 1.54) is 0 Å². The first-order valence-corrected chi connectivity index (χ1v) is 11.1. The zero-order chi connectivity index (χ0) is 16.9. The molecule has 0 saturated carbocycles. The van der Waals surface area contributed by atoms with Crippen molar-refractivity contribution in [1.29, 1.82) is 0 Å². The van der Waals surface area contributed by atoms with Gasteiger partial charge in [-0.15, -0.1) is 0 Å². The maximum Gasteiger partial charge on any atom is 0.292 e. The van der Waals surface area contributed by atoms with Crippen LogP contribution in [0.25, 0.3) is 0 Å². The normalized spacial score (nSPS) is 21.8. The Morgan fingerprint density at radius 2 is 2.25 bits per heavy atom. The fraction of sp³-hybridized carbons (Fsp3) is 0.429. The predicted molar refractivity (Wildman–Crippen MR) is 93.9 cm³/mol. The minimum absolute atomic E-state index is 0.0654. The topological polar surface area (TPSA) is 94.2 Å². The Morgan fingerprint density at radius 1 is 1.42 bits per heavy atom. The summed E-state index contributed by atoms with van der Waals surface area (Å²) >= 11 is 4.90. The highest BCUT2D eigenvalue weighted by Gasteiger charge is 2.34. The lowest BCUT2D eigenvalue weighted by molar-refractivity contribution is 0.0994. The Hall–Kier alpha value is -1.26. The largest absolute Gasteiger partial charge is 0.444 e. The van der Waals surface area contributed by atoms with Gasteiger partial charge in [0.2, 0.25) is 0 Å². The third-order valence-electron chi connectivity index (χ3n) is 4.16. The molecular weight excluding hydrogens is 418 g/mol. The third-order valence-corrected chi connectivity index (χ3v) is 7.31. The van der Waals surface area contributed by atoms with Gasteiger partial charge in [-0.25, -0.2) is 13.1 Å². The van der Waals surface area contributed by atoms with Crippen LogP contribution in [0.3, 0.4) is 0 Å². The van der Waals surface area contributed by atoms with Crippen LogP contribution in [-0.2, 0) is 21.3 Å². The first-order chi connectivity index (χ1) is 11.4. The Bertz CT molecular complexity index is 919. The van der Waals surface area contributed by atoms with Crippen molar-refractivity contribution in [2.45, 2.75) is 24.0 Å². The summed E-state index contributed by atoms with van der Waals surface area (Å²) in [6, 6.07) is 3.00. The van der Waals surface area contributed by atoms with Crippen molar-refractivity contribution >= 4 is 49.3 Å². The van der Waals surface area contributed by atoms with Gasteiger partial charge in [0.25, 0.3) is 5.91 Å². The molecule has 2 aromatic rings. The summed E-state index contributed by atoms with van der Waals surface area (Å²) in [5, 5.41) is 7.43. The standard InChI is InChI=1S/C14H14BrN3O4S2/c15-12-2-1-11(22-12)14(19)16-13-9-5-23-6-10(9)17-18(13)8-3-4-24(20,21)7-8/h1-2,8H,3-7H2,(H,16,19). The first kappa shape index (κ1) is 16.2. The molecule has 2 aliphatic rings. The van der Waals surface area contributed by atoms with E-state index in [-0.39, 0.29) is 29.2 Å². The highest BCUT2D eigenvalue weighted by atomic mass is 79.9. The van der Waals surface area contributed by atoms with Crippen LogP contribution in [0.2, 0.25) is 0 Å². The van der Waals surface area contributed by atoms with Gasteiger partial charge in [0.15, 0.2) is 20.3 Å². The highest BCUT2D eigenvalue weighted by Crippen LogP contribution is 2.38. The molecule has 1 amide bonds. The summed E-state index contributed by atoms with van der Waals surface area (Å²) in [6.07, 6.45) is 0.519. The van der Waals surface area contributed by atoms with Gasteiger partial charge in [-0.1, -0.05) is 0 Å². The van der Waals surface area contributed by atoms with E-state index in [0.29, 0.717) is 16.9 Å². The predicted octanol–water partition coefficient (Wildman–Crippen LogP) is 2.60. The van der Waals surface area contributed by atoms with E-state index < -0.39 is 9.84 Å². The molecule has 0 bridgehead atoms. The monoisotopic (exact) mass is 431 g/mol. The number of fused-ring (bicyclic) bond motifs is 1. The molecule has 1 saturated heterocycles. The summed E-state index contributed by atoms with van der Waals surface area (Å²) < 4.78 is 31.0. The van der Waals surface area contributed by atoms with Crippen LogP contribution < -0.4 is 5.32 Å². The molecule has 0 aliphatic carbocycles. The molecule has 24 heavy (non-hydrogen) atoms. The number of hydrogen-bond acceptors (Lipinski definition) is 6. The first-order valence-electron chi connectivity index (χ1n) is 7.38. The lowest BCUT2D eigenvalue weighted by Gasteiger charge is -2.14. The van der Waals surface area contributed by atoms with Gasteiger partial charge in [-0.3, -0.25) is 4.79 Å². The fourth-order valence-electron chi connectivity index (χ4n) is 3.00. The second kappa shape index (κ2) is 5.92. The molecule has 0 radical (unpaired) electrons. The van der Waals surface area contributed by atoms with Crippen molar-refractivity contribution in [2.24, 2.45) is 0 Å². The van der Waals surface area contributed by atoms with Crippen molar-refractivity contribution in [3.63, 3.8) is 0 Å². The molecule has 1 N–H and O–H groups in total. The molecule has 2 aliphatic heterocycles. The molecule has 0 aromatic carbocycles. The molecule has 4 rings (SSSR count). The van der Waals surface area contributed by atoms with Gasteiger partial charge in [0.1, 0.15) is 5.82 Å². The maximum atomic E-state index is 12.4. The van der Waals surface area contributed by atoms with E-state index in [1.54, 1.807) is 28.6 Å². The number of halogens is 1. The number of nitrogens with zero attached hydrogens (tertiary/aromatic N) is 2. The van der Waals surface area contributed by atoms with Crippen LogP contribution in [0, 0.1) is 0 Å². The zero-order valence-electron chi connectivity index (χ0n) is 12.5. The smallest absolute Gasteiger partial charge is 0.292 e.